The van der Waals surface area contributed by atoms with Crippen LogP contribution in [-0.2, 0) is 23.6 Å². The first-order valence-corrected chi connectivity index (χ1v) is 26.2. The minimum atomic E-state index is 0.644. The summed E-state index contributed by atoms with van der Waals surface area (Å²) in [5.74, 6) is 0. The molecular formula is C64H52Br2N4. The third-order valence-electron chi connectivity index (χ3n) is 13.8. The van der Waals surface area contributed by atoms with Crippen molar-refractivity contribution in [2.45, 2.75) is 51.3 Å². The second kappa shape index (κ2) is 19.3. The molecule has 0 atom stereocenters. The van der Waals surface area contributed by atoms with Crippen LogP contribution in [-0.4, -0.2) is 21.0 Å². The van der Waals surface area contributed by atoms with Crippen molar-refractivity contribution in [3.8, 4) is 0 Å². The molecule has 11 rings (SSSR count). The number of allylic oxidation sites excluding steroid dienone is 4. The standard InChI is InChI=1S/C64H52Br2N4/c1-40-13-21-44(22-14-40)60-53-39-70(38-51-12-8-7-11-50(51)37-66)64(52(53)35-48-9-5-6-10-49(48)36-65)63(47-27-19-43(4)20-28-47)59-34-33-58(69-59)62(46-25-17-42(3)18-26-46)57-32-31-56(68-57)61(55-30-29-54(60)67-55)45-23-15-41(2)16-24-45/h5-34,39,68H,35-38H2,1-4H3. The van der Waals surface area contributed by atoms with E-state index in [1.54, 1.807) is 0 Å². The Morgan fingerprint density at radius 2 is 0.829 bits per heavy atom. The van der Waals surface area contributed by atoms with Crippen LogP contribution in [0.1, 0.15) is 83.6 Å². The van der Waals surface area contributed by atoms with Crippen molar-refractivity contribution in [3.63, 3.8) is 0 Å². The zero-order chi connectivity index (χ0) is 47.9. The molecule has 70 heavy (non-hydrogen) atoms. The topological polar surface area (TPSA) is 45.4 Å². The van der Waals surface area contributed by atoms with Gasteiger partial charge in [-0.1, -0.05) is 200 Å². The average molecular weight is 1040 g/mol. The lowest BCUT2D eigenvalue weighted by molar-refractivity contribution is 0.783. The van der Waals surface area contributed by atoms with Crippen LogP contribution in [0.25, 0.3) is 22.3 Å². The van der Waals surface area contributed by atoms with Crippen molar-refractivity contribution in [3.05, 3.63) is 294 Å². The summed E-state index contributed by atoms with van der Waals surface area (Å²) in [6, 6.07) is 57.7. The molecule has 8 bridgehead atoms. The van der Waals surface area contributed by atoms with Crippen molar-refractivity contribution in [1.82, 2.24) is 9.55 Å². The van der Waals surface area contributed by atoms with Crippen LogP contribution in [0.2, 0.25) is 0 Å². The van der Waals surface area contributed by atoms with E-state index in [2.05, 4.69) is 257 Å². The van der Waals surface area contributed by atoms with E-state index in [0.717, 1.165) is 100.0 Å². The molecule has 0 aliphatic carbocycles. The number of benzene rings is 6. The van der Waals surface area contributed by atoms with Crippen molar-refractivity contribution in [1.29, 1.82) is 0 Å². The highest BCUT2D eigenvalue weighted by molar-refractivity contribution is 9.08. The number of alkyl halides is 2. The van der Waals surface area contributed by atoms with Gasteiger partial charge in [0.25, 0.3) is 0 Å². The number of nitrogens with zero attached hydrogens (tertiary/aromatic N) is 3. The third kappa shape index (κ3) is 8.76. The molecule has 8 aromatic rings. The van der Waals surface area contributed by atoms with Crippen LogP contribution >= 0.6 is 31.9 Å². The molecule has 6 aromatic carbocycles. The Balaban J connectivity index is 1.34. The minimum absolute atomic E-state index is 0.644. The summed E-state index contributed by atoms with van der Waals surface area (Å²) < 4.78 is 2.51. The van der Waals surface area contributed by atoms with Crippen molar-refractivity contribution >= 4 is 65.6 Å². The predicted octanol–water partition coefficient (Wildman–Crippen LogP) is 14.1. The van der Waals surface area contributed by atoms with Gasteiger partial charge in [0.15, 0.2) is 0 Å². The van der Waals surface area contributed by atoms with E-state index in [4.69, 9.17) is 9.98 Å². The third-order valence-corrected chi connectivity index (χ3v) is 15.0. The van der Waals surface area contributed by atoms with E-state index >= 15 is 0 Å². The number of fused-ring (bicyclic) bond motifs is 6. The molecule has 3 aliphatic heterocycles. The van der Waals surface area contributed by atoms with Crippen LogP contribution in [0.15, 0.2) is 210 Å². The number of halogens is 2. The van der Waals surface area contributed by atoms with Crippen LogP contribution in [0.3, 0.4) is 0 Å². The maximum absolute atomic E-state index is 5.77. The fraction of sp³-hybridized carbons (Fsp3) is 0.125. The summed E-state index contributed by atoms with van der Waals surface area (Å²) >= 11 is 7.75. The quantitative estimate of drug-likeness (QED) is 0.133. The molecule has 0 fully saturated rings. The Bertz CT molecular complexity index is 3660. The summed E-state index contributed by atoms with van der Waals surface area (Å²) in [6.07, 6.45) is 12.0. The van der Waals surface area contributed by atoms with Gasteiger partial charge in [-0.05, 0) is 114 Å². The second-order valence-electron chi connectivity index (χ2n) is 18.7. The number of hydrogen-bond donors (Lipinski definition) is 1. The SMILES string of the molecule is Cc1ccc(C2=C3C=CC(=N3)C(c3ccc(C)cc3)=c3ccc([nH]3)=C(c3ccc(C)cc3)C3=NC(=C(c4ccc(C)cc4)c4c(Cc5ccccc5CBr)c2cn4Cc2ccccc2CBr)C=C3)cc1. The predicted molar refractivity (Wildman–Crippen MR) is 299 cm³/mol. The van der Waals surface area contributed by atoms with Gasteiger partial charge in [-0.2, -0.15) is 0 Å². The molecular weight excluding hydrogens is 985 g/mol. The number of aromatic nitrogens is 2. The largest absolute Gasteiger partial charge is 0.354 e. The number of H-pyrrole nitrogens is 1. The zero-order valence-corrected chi connectivity index (χ0v) is 43.0. The molecule has 4 nitrogen and oxygen atoms in total. The number of nitrogens with one attached hydrogen (secondary N) is 1. The first-order chi connectivity index (χ1) is 34.2. The summed E-state index contributed by atoms with van der Waals surface area (Å²) in [5.41, 5.74) is 25.6. The summed E-state index contributed by atoms with van der Waals surface area (Å²) in [6.45, 7) is 9.24. The van der Waals surface area contributed by atoms with Gasteiger partial charge in [0.05, 0.1) is 28.5 Å². The van der Waals surface area contributed by atoms with Crippen molar-refractivity contribution in [2.75, 3.05) is 0 Å². The lowest BCUT2D eigenvalue weighted by Gasteiger charge is -2.20. The van der Waals surface area contributed by atoms with E-state index in [-0.39, 0.29) is 0 Å². The molecule has 3 aliphatic rings. The highest BCUT2D eigenvalue weighted by Crippen LogP contribution is 2.43. The first-order valence-electron chi connectivity index (χ1n) is 24.0. The fourth-order valence-electron chi connectivity index (χ4n) is 10.1. The highest BCUT2D eigenvalue weighted by Gasteiger charge is 2.30. The lowest BCUT2D eigenvalue weighted by atomic mass is 9.87. The molecule has 0 amide bonds. The summed E-state index contributed by atoms with van der Waals surface area (Å²) in [7, 11) is 0. The second-order valence-corrected chi connectivity index (χ2v) is 19.8. The van der Waals surface area contributed by atoms with E-state index in [0.29, 0.717) is 13.0 Å². The molecule has 0 saturated heterocycles. The Hall–Kier alpha value is -7.12. The van der Waals surface area contributed by atoms with Gasteiger partial charge < -0.3 is 9.55 Å². The van der Waals surface area contributed by atoms with Crippen LogP contribution < -0.4 is 10.7 Å². The molecule has 1 N–H and O–H groups in total. The Morgan fingerprint density at radius 3 is 1.30 bits per heavy atom. The highest BCUT2D eigenvalue weighted by atomic mass is 79.9. The zero-order valence-electron chi connectivity index (χ0n) is 39.8. The molecule has 0 radical (unpaired) electrons. The molecule has 2 aromatic heterocycles. The number of aromatic amines is 1. The monoisotopic (exact) mass is 1030 g/mol. The van der Waals surface area contributed by atoms with Crippen molar-refractivity contribution in [2.24, 2.45) is 9.98 Å². The van der Waals surface area contributed by atoms with Crippen molar-refractivity contribution < 1.29 is 0 Å². The van der Waals surface area contributed by atoms with Crippen LogP contribution in [0.5, 0.6) is 0 Å². The molecule has 0 saturated carbocycles. The Morgan fingerprint density at radius 1 is 0.429 bits per heavy atom. The normalized spacial score (nSPS) is 14.3. The number of aliphatic imine (C=N–C) groups is 2. The minimum Gasteiger partial charge on any atom is -0.354 e. The molecule has 6 heteroatoms. The molecule has 0 spiro atoms. The average Bonchev–Trinajstić information content (AvgIpc) is 4.22. The molecule has 5 heterocycles. The number of rotatable bonds is 10. The number of aryl methyl sites for hydroxylation is 4. The maximum Gasteiger partial charge on any atom is 0.0737 e. The van der Waals surface area contributed by atoms with Crippen LogP contribution in [0, 0.1) is 27.7 Å². The van der Waals surface area contributed by atoms with E-state index in [9.17, 15) is 0 Å². The smallest absolute Gasteiger partial charge is 0.0737 e. The summed E-state index contributed by atoms with van der Waals surface area (Å²) in [5, 5.41) is 3.47. The fourth-order valence-corrected chi connectivity index (χ4v) is 11.2. The van der Waals surface area contributed by atoms with Gasteiger partial charge in [0, 0.05) is 68.4 Å². The lowest BCUT2D eigenvalue weighted by Crippen LogP contribution is -2.21. The van der Waals surface area contributed by atoms with Gasteiger partial charge in [-0.25, -0.2) is 9.98 Å². The van der Waals surface area contributed by atoms with E-state index < -0.39 is 0 Å². The van der Waals surface area contributed by atoms with E-state index in [1.807, 2.05) is 0 Å². The Labute approximate surface area is 427 Å². The molecule has 0 unspecified atom stereocenters. The van der Waals surface area contributed by atoms with Gasteiger partial charge in [0.2, 0.25) is 0 Å². The van der Waals surface area contributed by atoms with Gasteiger partial charge >= 0.3 is 0 Å². The summed E-state index contributed by atoms with van der Waals surface area (Å²) in [4.78, 5) is 15.4. The number of hydrogen-bond acceptors (Lipinski definition) is 2. The van der Waals surface area contributed by atoms with Gasteiger partial charge in [-0.3, -0.25) is 0 Å². The molecule has 342 valence electrons. The first kappa shape index (κ1) is 45.3. The Kier molecular flexibility index (Phi) is 12.5. The van der Waals surface area contributed by atoms with Gasteiger partial charge in [-0.15, -0.1) is 0 Å². The van der Waals surface area contributed by atoms with E-state index in [1.165, 1.54) is 50.1 Å². The van der Waals surface area contributed by atoms with Gasteiger partial charge in [0.1, 0.15) is 0 Å². The van der Waals surface area contributed by atoms with Crippen LogP contribution in [0.4, 0.5) is 0 Å². The maximum atomic E-state index is 5.77.